The van der Waals surface area contributed by atoms with E-state index in [1.807, 2.05) is 40.2 Å². The second kappa shape index (κ2) is 34.6. The van der Waals surface area contributed by atoms with E-state index in [1.165, 1.54) is 57.4 Å². The highest BCUT2D eigenvalue weighted by Crippen LogP contribution is 2.43. The van der Waals surface area contributed by atoms with Crippen LogP contribution >= 0.6 is 7.82 Å². The number of aliphatic hydroxyl groups excluding tert-OH is 3. The van der Waals surface area contributed by atoms with Gasteiger partial charge in [-0.1, -0.05) is 145 Å². The molecule has 0 aliphatic rings. The molecule has 1 unspecified atom stereocenters. The lowest BCUT2D eigenvalue weighted by Crippen LogP contribution is -2.37. The Kier molecular flexibility index (Phi) is 33.1. The van der Waals surface area contributed by atoms with Crippen molar-refractivity contribution in [3.63, 3.8) is 0 Å². The van der Waals surface area contributed by atoms with Gasteiger partial charge < -0.3 is 34.2 Å². The Labute approximate surface area is 338 Å². The summed E-state index contributed by atoms with van der Waals surface area (Å²) in [7, 11) is 1.28. The molecule has 324 valence electrons. The van der Waals surface area contributed by atoms with Crippen molar-refractivity contribution in [1.29, 1.82) is 0 Å². The molecule has 0 saturated heterocycles. The number of likely N-dealkylation sites (N-methyl/N-ethyl adjacent to an activating group) is 1. The number of phosphoric acid groups is 1. The molecule has 12 nitrogen and oxygen atoms in total. The Hall–Kier alpha value is -2.41. The molecule has 0 heterocycles. The fourth-order valence-corrected chi connectivity index (χ4v) is 5.98. The predicted octanol–water partition coefficient (Wildman–Crippen LogP) is 8.21. The molecule has 0 spiro atoms. The molecule has 13 heteroatoms. The van der Waals surface area contributed by atoms with Crippen LogP contribution in [0.25, 0.3) is 0 Å². The third-order valence-electron chi connectivity index (χ3n) is 8.65. The van der Waals surface area contributed by atoms with E-state index in [1.54, 1.807) is 42.5 Å². The van der Waals surface area contributed by atoms with Gasteiger partial charge in [-0.25, -0.2) is 4.57 Å². The lowest BCUT2D eigenvalue weighted by Gasteiger charge is -2.24. The van der Waals surface area contributed by atoms with Crippen molar-refractivity contribution in [3.05, 3.63) is 60.8 Å². The number of unbranched alkanes of at least 4 members (excludes halogenated alkanes) is 11. The maximum absolute atomic E-state index is 12.7. The number of rotatable bonds is 36. The van der Waals surface area contributed by atoms with Crippen molar-refractivity contribution in [2.75, 3.05) is 47.5 Å². The zero-order chi connectivity index (χ0) is 41.9. The van der Waals surface area contributed by atoms with Crippen LogP contribution in [0.1, 0.15) is 129 Å². The van der Waals surface area contributed by atoms with Crippen LogP contribution in [0.15, 0.2) is 60.8 Å². The maximum Gasteiger partial charge on any atom is 0.472 e. The van der Waals surface area contributed by atoms with Gasteiger partial charge in [-0.3, -0.25) is 18.6 Å². The first-order valence-electron chi connectivity index (χ1n) is 20.8. The minimum absolute atomic E-state index is 0.0257. The molecule has 0 saturated carbocycles. The minimum atomic E-state index is -4.46. The third kappa shape index (κ3) is 36.0. The van der Waals surface area contributed by atoms with Gasteiger partial charge in [0.05, 0.1) is 46.1 Å². The highest BCUT2D eigenvalue weighted by molar-refractivity contribution is 7.47. The van der Waals surface area contributed by atoms with Gasteiger partial charge in [0.15, 0.2) is 6.10 Å². The smallest absolute Gasteiger partial charge is 0.462 e. The molecule has 0 radical (unpaired) electrons. The number of carbonyl (C=O) groups excluding carboxylic acids is 2. The largest absolute Gasteiger partial charge is 0.472 e. The van der Waals surface area contributed by atoms with Crippen LogP contribution < -0.4 is 0 Å². The summed E-state index contributed by atoms with van der Waals surface area (Å²) in [5.74, 6) is -1.14. The minimum Gasteiger partial charge on any atom is -0.462 e. The van der Waals surface area contributed by atoms with E-state index >= 15 is 0 Å². The van der Waals surface area contributed by atoms with E-state index in [4.69, 9.17) is 18.5 Å². The van der Waals surface area contributed by atoms with Gasteiger partial charge in [-0.15, -0.1) is 0 Å². The highest BCUT2D eigenvalue weighted by atomic mass is 31.2. The molecule has 0 rings (SSSR count). The molecular formula is C43H77NO11P+. The third-order valence-corrected chi connectivity index (χ3v) is 9.64. The number of quaternary nitrogens is 1. The molecule has 0 aromatic carbocycles. The van der Waals surface area contributed by atoms with Crippen molar-refractivity contribution < 1.29 is 57.4 Å². The number of aliphatic hydroxyl groups is 3. The molecule has 0 aliphatic carbocycles. The predicted molar refractivity (Wildman–Crippen MR) is 224 cm³/mol. The summed E-state index contributed by atoms with van der Waals surface area (Å²) in [6.45, 7) is 3.80. The van der Waals surface area contributed by atoms with Crippen molar-refractivity contribution in [2.45, 2.75) is 154 Å². The zero-order valence-electron chi connectivity index (χ0n) is 35.2. The van der Waals surface area contributed by atoms with Gasteiger partial charge in [-0.05, 0) is 32.1 Å². The average molecular weight is 815 g/mol. The molecule has 0 aromatic rings. The number of allylic oxidation sites excluding steroid dienone is 7. The van der Waals surface area contributed by atoms with E-state index in [9.17, 15) is 34.4 Å². The van der Waals surface area contributed by atoms with Gasteiger partial charge >= 0.3 is 19.8 Å². The second-order valence-corrected chi connectivity index (χ2v) is 16.7. The summed E-state index contributed by atoms with van der Waals surface area (Å²) >= 11 is 0. The number of phosphoric ester groups is 1. The van der Waals surface area contributed by atoms with E-state index < -0.39 is 50.8 Å². The topological polar surface area (TPSA) is 169 Å². The van der Waals surface area contributed by atoms with Crippen LogP contribution in [-0.4, -0.2) is 109 Å². The fourth-order valence-electron chi connectivity index (χ4n) is 5.24. The number of nitrogens with zero attached hydrogens (tertiary/aromatic N) is 1. The van der Waals surface area contributed by atoms with E-state index in [-0.39, 0.29) is 38.9 Å². The van der Waals surface area contributed by atoms with Crippen LogP contribution in [0.4, 0.5) is 0 Å². The standard InChI is InChI=1S/C43H76NO11P/c1-6-8-10-11-12-13-14-15-16-17-22-26-32-43(49)55-39(37-54-56(50,51)53-35-34-44(3,4)5)36-52-42(48)33-27-31-41(47)40(46)30-25-21-19-18-20-24-29-38(45)28-23-9-7-2/h9,18-21,23-25,29-30,38-41,45-47H,6-8,10-17,22,26-28,31-37H2,1-5H3/p+1/b20-18+,21-19-,23-9-,29-24+,30-25-/t38-,39-,40+,41+/m1/s1. The van der Waals surface area contributed by atoms with E-state index in [2.05, 4.69) is 6.92 Å². The number of hydrogen-bond donors (Lipinski definition) is 4. The number of ether oxygens (including phenoxy) is 2. The average Bonchev–Trinajstić information content (AvgIpc) is 3.13. The van der Waals surface area contributed by atoms with Crippen LogP contribution in [0.2, 0.25) is 0 Å². The van der Waals surface area contributed by atoms with Crippen molar-refractivity contribution in [1.82, 2.24) is 0 Å². The van der Waals surface area contributed by atoms with Gasteiger partial charge in [0.2, 0.25) is 0 Å². The van der Waals surface area contributed by atoms with Gasteiger partial charge in [-0.2, -0.15) is 0 Å². The quantitative estimate of drug-likeness (QED) is 0.0120. The van der Waals surface area contributed by atoms with Gasteiger partial charge in [0.25, 0.3) is 0 Å². The Bertz CT molecular complexity index is 1190. The summed E-state index contributed by atoms with van der Waals surface area (Å²) in [6.07, 6.45) is 29.4. The molecule has 5 atom stereocenters. The van der Waals surface area contributed by atoms with Crippen molar-refractivity contribution >= 4 is 19.8 Å². The first-order chi connectivity index (χ1) is 26.7. The monoisotopic (exact) mass is 815 g/mol. The second-order valence-electron chi connectivity index (χ2n) is 15.2. The Morgan fingerprint density at radius 2 is 1.23 bits per heavy atom. The van der Waals surface area contributed by atoms with E-state index in [0.29, 0.717) is 23.9 Å². The highest BCUT2D eigenvalue weighted by Gasteiger charge is 2.27. The molecule has 0 aliphatic heterocycles. The van der Waals surface area contributed by atoms with Gasteiger partial charge in [0.1, 0.15) is 19.8 Å². The number of hydrogen-bond acceptors (Lipinski definition) is 10. The molecule has 56 heavy (non-hydrogen) atoms. The molecule has 0 fully saturated rings. The molecule has 0 bridgehead atoms. The van der Waals surface area contributed by atoms with Crippen LogP contribution in [0.3, 0.4) is 0 Å². The van der Waals surface area contributed by atoms with Crippen LogP contribution in [0, 0.1) is 0 Å². The maximum atomic E-state index is 12.7. The summed E-state index contributed by atoms with van der Waals surface area (Å²) in [5.41, 5.74) is 0. The Morgan fingerprint density at radius 1 is 0.679 bits per heavy atom. The first-order valence-corrected chi connectivity index (χ1v) is 22.3. The van der Waals surface area contributed by atoms with Gasteiger partial charge in [0, 0.05) is 12.8 Å². The fraction of sp³-hybridized carbons (Fsp3) is 0.721. The summed E-state index contributed by atoms with van der Waals surface area (Å²) in [5, 5.41) is 30.4. The SMILES string of the molecule is CC/C=C\C[C@@H](O)/C=C/C=C/C=C\C=C/[C@H](O)[C@@H](O)CCCC(=O)OC[C@H](COP(=O)(O)OCC[N+](C)(C)C)OC(=O)CCCCCCCCCCCCCC. The molecule has 0 aromatic heterocycles. The summed E-state index contributed by atoms with van der Waals surface area (Å²) < 4.78 is 33.9. The summed E-state index contributed by atoms with van der Waals surface area (Å²) in [4.78, 5) is 35.3. The van der Waals surface area contributed by atoms with E-state index in [0.717, 1.165) is 25.7 Å². The number of esters is 2. The number of carbonyl (C=O) groups is 2. The Morgan fingerprint density at radius 3 is 1.82 bits per heavy atom. The molecular weight excluding hydrogens is 737 g/mol. The normalized spacial score (nSPS) is 15.9. The lowest BCUT2D eigenvalue weighted by atomic mass is 10.0. The lowest BCUT2D eigenvalue weighted by molar-refractivity contribution is -0.870. The van der Waals surface area contributed by atoms with Crippen molar-refractivity contribution in [2.24, 2.45) is 0 Å². The zero-order valence-corrected chi connectivity index (χ0v) is 36.1. The molecule has 4 N–H and O–H groups in total. The summed E-state index contributed by atoms with van der Waals surface area (Å²) in [6, 6.07) is 0. The van der Waals surface area contributed by atoms with Crippen molar-refractivity contribution in [3.8, 4) is 0 Å². The molecule has 0 amide bonds. The first kappa shape index (κ1) is 53.6. The Balaban J connectivity index is 4.73. The van der Waals surface area contributed by atoms with Crippen LogP contribution in [-0.2, 0) is 32.7 Å². The van der Waals surface area contributed by atoms with Crippen LogP contribution in [0.5, 0.6) is 0 Å².